The summed E-state index contributed by atoms with van der Waals surface area (Å²) < 4.78 is 6.12. The van der Waals surface area contributed by atoms with Crippen molar-refractivity contribution in [2.75, 3.05) is 11.9 Å². The van der Waals surface area contributed by atoms with Crippen LogP contribution >= 0.6 is 11.6 Å². The van der Waals surface area contributed by atoms with Gasteiger partial charge in [0.2, 0.25) is 0 Å². The van der Waals surface area contributed by atoms with Crippen LogP contribution in [0, 0.1) is 0 Å². The number of carbonyl (C=O) groups excluding carboxylic acids is 1. The van der Waals surface area contributed by atoms with Crippen LogP contribution in [-0.4, -0.2) is 30.3 Å². The van der Waals surface area contributed by atoms with E-state index in [1.54, 1.807) is 24.1 Å². The zero-order chi connectivity index (χ0) is 15.4. The summed E-state index contributed by atoms with van der Waals surface area (Å²) in [7, 11) is 1.71. The minimum absolute atomic E-state index is 0.162. The van der Waals surface area contributed by atoms with E-state index in [0.717, 1.165) is 16.8 Å². The van der Waals surface area contributed by atoms with E-state index in [-0.39, 0.29) is 18.4 Å². The van der Waals surface area contributed by atoms with Crippen LogP contribution in [0.1, 0.15) is 25.3 Å². The number of anilines is 1. The van der Waals surface area contributed by atoms with Crippen molar-refractivity contribution in [3.63, 3.8) is 0 Å². The van der Waals surface area contributed by atoms with E-state index in [4.69, 9.17) is 16.3 Å². The molecule has 0 aromatic heterocycles. The average molecular weight is 308 g/mol. The molecule has 2 aliphatic heterocycles. The summed E-state index contributed by atoms with van der Waals surface area (Å²) in [5.74, 6) is -0.162. The van der Waals surface area contributed by atoms with Crippen molar-refractivity contribution in [2.24, 2.45) is 0 Å². The van der Waals surface area contributed by atoms with Crippen molar-refractivity contribution in [3.05, 3.63) is 40.9 Å². The number of carbonyl (C=O) groups is 1. The Balaban J connectivity index is 2.14. The smallest absolute Gasteiger partial charge is 0.263 e. The van der Waals surface area contributed by atoms with Gasteiger partial charge in [-0.2, -0.15) is 0 Å². The van der Waals surface area contributed by atoms with Crippen molar-refractivity contribution in [2.45, 2.75) is 37.6 Å². The number of hydrogen-bond acceptors (Lipinski definition) is 3. The zero-order valence-electron chi connectivity index (χ0n) is 12.1. The Morgan fingerprint density at radius 2 is 2.29 bits per heavy atom. The third-order valence-electron chi connectivity index (χ3n) is 4.31. The first-order valence-electron chi connectivity index (χ1n) is 6.94. The third-order valence-corrected chi connectivity index (χ3v) is 4.54. The molecule has 0 aliphatic carbocycles. The van der Waals surface area contributed by atoms with Gasteiger partial charge in [-0.1, -0.05) is 23.8 Å². The second-order valence-corrected chi connectivity index (χ2v) is 6.34. The van der Waals surface area contributed by atoms with Gasteiger partial charge in [-0.3, -0.25) is 4.79 Å². The van der Waals surface area contributed by atoms with Crippen LogP contribution < -0.4 is 4.90 Å². The molecule has 1 N–H and O–H groups in total. The van der Waals surface area contributed by atoms with Gasteiger partial charge in [-0.25, -0.2) is 0 Å². The maximum absolute atomic E-state index is 12.8. The standard InChI is InChI=1S/C16H18ClNO3/c1-9(2)14-7-11(19)8-16(21-14)12-6-10(17)4-5-13(12)18(3)15(16)20/h4-6,11,14,19H,1,7-8H2,2-3H3/t11-,14+,16-/m0/s1. The number of aliphatic hydroxyl groups is 1. The second-order valence-electron chi connectivity index (χ2n) is 5.90. The SMILES string of the molecule is C=C(C)[C@H]1C[C@H](O)C[C@@]2(O1)C(=O)N(C)c1ccc(Cl)cc12. The van der Waals surface area contributed by atoms with Crippen LogP contribution in [0.4, 0.5) is 5.69 Å². The Labute approximate surface area is 129 Å². The molecule has 1 aromatic rings. The number of halogens is 1. The van der Waals surface area contributed by atoms with Gasteiger partial charge in [-0.15, -0.1) is 0 Å². The summed E-state index contributed by atoms with van der Waals surface area (Å²) in [5.41, 5.74) is 1.15. The third kappa shape index (κ3) is 2.09. The first kappa shape index (κ1) is 14.6. The lowest BCUT2D eigenvalue weighted by Gasteiger charge is -2.40. The molecule has 0 radical (unpaired) electrons. The largest absolute Gasteiger partial charge is 0.393 e. The van der Waals surface area contributed by atoms with Crippen molar-refractivity contribution in [1.82, 2.24) is 0 Å². The maximum Gasteiger partial charge on any atom is 0.263 e. The Morgan fingerprint density at radius 3 is 2.95 bits per heavy atom. The first-order valence-corrected chi connectivity index (χ1v) is 7.32. The lowest BCUT2D eigenvalue weighted by atomic mass is 9.83. The summed E-state index contributed by atoms with van der Waals surface area (Å²) in [4.78, 5) is 14.3. The Morgan fingerprint density at radius 1 is 1.57 bits per heavy atom. The molecule has 1 aromatic carbocycles. The number of rotatable bonds is 1. The number of benzene rings is 1. The van der Waals surface area contributed by atoms with Gasteiger partial charge in [-0.05, 0) is 25.1 Å². The fourth-order valence-corrected chi connectivity index (χ4v) is 3.41. The molecule has 1 fully saturated rings. The van der Waals surface area contributed by atoms with Gasteiger partial charge in [0, 0.05) is 30.5 Å². The Kier molecular flexibility index (Phi) is 3.35. The van der Waals surface area contributed by atoms with Gasteiger partial charge in [0.1, 0.15) is 0 Å². The molecular formula is C16H18ClNO3. The summed E-state index contributed by atoms with van der Waals surface area (Å²) in [6.45, 7) is 5.74. The zero-order valence-corrected chi connectivity index (χ0v) is 12.9. The molecule has 1 amide bonds. The van der Waals surface area contributed by atoms with Gasteiger partial charge in [0.15, 0.2) is 5.60 Å². The summed E-state index contributed by atoms with van der Waals surface area (Å²) in [6, 6.07) is 5.31. The fraction of sp³-hybridized carbons (Fsp3) is 0.438. The van der Waals surface area contributed by atoms with E-state index >= 15 is 0 Å². The number of likely N-dealkylation sites (N-methyl/N-ethyl adjacent to an activating group) is 1. The average Bonchev–Trinajstić information content (AvgIpc) is 2.61. The molecule has 3 atom stereocenters. The van der Waals surface area contributed by atoms with Crippen LogP contribution in [-0.2, 0) is 15.1 Å². The van der Waals surface area contributed by atoms with Crippen molar-refractivity contribution in [3.8, 4) is 0 Å². The van der Waals surface area contributed by atoms with Gasteiger partial charge in [0.05, 0.1) is 17.9 Å². The molecule has 1 spiro atoms. The number of amides is 1. The molecule has 0 bridgehead atoms. The molecule has 21 heavy (non-hydrogen) atoms. The first-order chi connectivity index (χ1) is 9.85. The fourth-order valence-electron chi connectivity index (χ4n) is 3.23. The monoisotopic (exact) mass is 307 g/mol. The number of fused-ring (bicyclic) bond motifs is 2. The molecule has 2 aliphatic rings. The van der Waals surface area contributed by atoms with E-state index in [1.165, 1.54) is 0 Å². The lowest BCUT2D eigenvalue weighted by Crippen LogP contribution is -2.50. The molecular weight excluding hydrogens is 290 g/mol. The highest BCUT2D eigenvalue weighted by molar-refractivity contribution is 6.31. The van der Waals surface area contributed by atoms with Crippen LogP contribution in [0.2, 0.25) is 5.02 Å². The summed E-state index contributed by atoms with van der Waals surface area (Å²) in [6.07, 6.45) is -0.240. The predicted molar refractivity (Wildman–Crippen MR) is 81.5 cm³/mol. The van der Waals surface area contributed by atoms with Crippen LogP contribution in [0.15, 0.2) is 30.4 Å². The van der Waals surface area contributed by atoms with Crippen LogP contribution in [0.3, 0.4) is 0 Å². The molecule has 4 nitrogen and oxygen atoms in total. The molecule has 2 heterocycles. The number of ether oxygens (including phenoxy) is 1. The highest BCUT2D eigenvalue weighted by Crippen LogP contribution is 2.49. The Bertz CT molecular complexity index is 630. The molecule has 0 unspecified atom stereocenters. The molecule has 5 heteroatoms. The van der Waals surface area contributed by atoms with E-state index in [0.29, 0.717) is 11.4 Å². The van der Waals surface area contributed by atoms with Crippen LogP contribution in [0.25, 0.3) is 0 Å². The quantitative estimate of drug-likeness (QED) is 0.811. The van der Waals surface area contributed by atoms with E-state index in [2.05, 4.69) is 6.58 Å². The van der Waals surface area contributed by atoms with Gasteiger partial charge < -0.3 is 14.7 Å². The Hall–Kier alpha value is -1.36. The normalized spacial score (nSPS) is 31.6. The maximum atomic E-state index is 12.8. The summed E-state index contributed by atoms with van der Waals surface area (Å²) in [5, 5.41) is 10.8. The van der Waals surface area contributed by atoms with Gasteiger partial charge in [0.25, 0.3) is 5.91 Å². The number of nitrogens with zero attached hydrogens (tertiary/aromatic N) is 1. The topological polar surface area (TPSA) is 49.8 Å². The lowest BCUT2D eigenvalue weighted by molar-refractivity contribution is -0.172. The predicted octanol–water partition coefficient (Wildman–Crippen LogP) is 2.63. The molecule has 112 valence electrons. The van der Waals surface area contributed by atoms with Crippen molar-refractivity contribution >= 4 is 23.2 Å². The van der Waals surface area contributed by atoms with Crippen molar-refractivity contribution < 1.29 is 14.6 Å². The minimum Gasteiger partial charge on any atom is -0.393 e. The van der Waals surface area contributed by atoms with E-state index < -0.39 is 11.7 Å². The molecule has 3 rings (SSSR count). The number of hydrogen-bond donors (Lipinski definition) is 1. The highest BCUT2D eigenvalue weighted by atomic mass is 35.5. The molecule has 0 saturated carbocycles. The molecule has 1 saturated heterocycles. The minimum atomic E-state index is -1.16. The van der Waals surface area contributed by atoms with E-state index in [1.807, 2.05) is 13.0 Å². The highest BCUT2D eigenvalue weighted by Gasteiger charge is 2.55. The second kappa shape index (κ2) is 4.83. The van der Waals surface area contributed by atoms with Gasteiger partial charge >= 0.3 is 0 Å². The number of aliphatic hydroxyl groups excluding tert-OH is 1. The van der Waals surface area contributed by atoms with Crippen LogP contribution in [0.5, 0.6) is 0 Å². The summed E-state index contributed by atoms with van der Waals surface area (Å²) >= 11 is 6.09. The van der Waals surface area contributed by atoms with E-state index in [9.17, 15) is 9.90 Å². The van der Waals surface area contributed by atoms with Crippen molar-refractivity contribution in [1.29, 1.82) is 0 Å².